The summed E-state index contributed by atoms with van der Waals surface area (Å²) >= 11 is 0. The molecule has 0 amide bonds. The number of ether oxygens (including phenoxy) is 1. The molecule has 1 saturated heterocycles. The van der Waals surface area contributed by atoms with Crippen LogP contribution in [0.4, 0.5) is 0 Å². The lowest BCUT2D eigenvalue weighted by atomic mass is 9.95. The molecule has 0 radical (unpaired) electrons. The van der Waals surface area contributed by atoms with E-state index in [1.54, 1.807) is 0 Å². The Bertz CT molecular complexity index is 161. The minimum atomic E-state index is 0.801. The quantitative estimate of drug-likeness (QED) is 0.663. The molecule has 0 aromatic carbocycles. The van der Waals surface area contributed by atoms with E-state index in [2.05, 4.69) is 25.5 Å². The monoisotopic (exact) mass is 183 g/mol. The zero-order chi connectivity index (χ0) is 9.68. The molecular formula is C11H21NO. The molecule has 76 valence electrons. The average Bonchev–Trinajstić information content (AvgIpc) is 2.18. The van der Waals surface area contributed by atoms with Crippen LogP contribution in [0.3, 0.4) is 0 Å². The van der Waals surface area contributed by atoms with Crippen molar-refractivity contribution in [1.82, 2.24) is 4.90 Å². The fourth-order valence-corrected chi connectivity index (χ4v) is 1.66. The van der Waals surface area contributed by atoms with Crippen LogP contribution in [0.25, 0.3) is 0 Å². The molecule has 1 heterocycles. The highest BCUT2D eigenvalue weighted by molar-refractivity contribution is 4.94. The van der Waals surface area contributed by atoms with E-state index >= 15 is 0 Å². The molecule has 2 nitrogen and oxygen atoms in total. The molecule has 0 aromatic rings. The second-order valence-electron chi connectivity index (χ2n) is 3.84. The van der Waals surface area contributed by atoms with Crippen LogP contribution in [0.1, 0.15) is 26.2 Å². The van der Waals surface area contributed by atoms with Gasteiger partial charge in [0, 0.05) is 32.5 Å². The third-order valence-electron chi connectivity index (χ3n) is 2.88. The van der Waals surface area contributed by atoms with Crippen molar-refractivity contribution in [1.29, 1.82) is 0 Å². The van der Waals surface area contributed by atoms with Crippen molar-refractivity contribution in [2.45, 2.75) is 26.2 Å². The van der Waals surface area contributed by atoms with E-state index in [0.29, 0.717) is 0 Å². The largest absolute Gasteiger partial charge is 0.381 e. The number of nitrogens with zero attached hydrogens (tertiary/aromatic N) is 1. The van der Waals surface area contributed by atoms with Gasteiger partial charge in [-0.3, -0.25) is 0 Å². The molecule has 1 aliphatic heterocycles. The first kappa shape index (κ1) is 10.6. The lowest BCUT2D eigenvalue weighted by Gasteiger charge is -2.26. The molecule has 2 heteroatoms. The van der Waals surface area contributed by atoms with Gasteiger partial charge in [-0.2, -0.15) is 0 Å². The van der Waals surface area contributed by atoms with E-state index in [4.69, 9.17) is 4.74 Å². The summed E-state index contributed by atoms with van der Waals surface area (Å²) in [6, 6.07) is 0. The first-order valence-corrected chi connectivity index (χ1v) is 5.20. The molecule has 1 aliphatic rings. The molecule has 13 heavy (non-hydrogen) atoms. The van der Waals surface area contributed by atoms with Crippen LogP contribution in [-0.4, -0.2) is 31.7 Å². The van der Waals surface area contributed by atoms with Gasteiger partial charge >= 0.3 is 0 Å². The molecular weight excluding hydrogens is 162 g/mol. The molecule has 0 saturated carbocycles. The van der Waals surface area contributed by atoms with Crippen molar-refractivity contribution in [3.05, 3.63) is 12.3 Å². The smallest absolute Gasteiger partial charge is 0.0468 e. The molecule has 0 bridgehead atoms. The van der Waals surface area contributed by atoms with Gasteiger partial charge in [-0.25, -0.2) is 0 Å². The summed E-state index contributed by atoms with van der Waals surface area (Å²) in [6.45, 7) is 9.20. The fourth-order valence-electron chi connectivity index (χ4n) is 1.66. The van der Waals surface area contributed by atoms with E-state index in [1.807, 2.05) is 0 Å². The summed E-state index contributed by atoms with van der Waals surface area (Å²) in [6.07, 6.45) is 3.56. The second kappa shape index (κ2) is 5.28. The van der Waals surface area contributed by atoms with E-state index in [-0.39, 0.29) is 0 Å². The van der Waals surface area contributed by atoms with Crippen molar-refractivity contribution < 1.29 is 4.74 Å². The topological polar surface area (TPSA) is 12.5 Å². The van der Waals surface area contributed by atoms with Crippen molar-refractivity contribution in [2.75, 3.05) is 26.8 Å². The number of hydrogen-bond acceptors (Lipinski definition) is 2. The lowest BCUT2D eigenvalue weighted by Crippen LogP contribution is -2.22. The van der Waals surface area contributed by atoms with Crippen LogP contribution >= 0.6 is 0 Å². The highest BCUT2D eigenvalue weighted by Crippen LogP contribution is 2.22. The predicted octanol–water partition coefficient (Wildman–Crippen LogP) is 2.27. The number of rotatable bonds is 4. The summed E-state index contributed by atoms with van der Waals surface area (Å²) in [7, 11) is 2.11. The Morgan fingerprint density at radius 2 is 2.08 bits per heavy atom. The van der Waals surface area contributed by atoms with Gasteiger partial charge in [0.2, 0.25) is 0 Å². The first-order valence-electron chi connectivity index (χ1n) is 5.20. The van der Waals surface area contributed by atoms with Gasteiger partial charge < -0.3 is 9.64 Å². The van der Waals surface area contributed by atoms with Gasteiger partial charge in [-0.15, -0.1) is 0 Å². The van der Waals surface area contributed by atoms with Gasteiger partial charge in [-0.05, 0) is 32.1 Å². The van der Waals surface area contributed by atoms with Gasteiger partial charge in [-0.1, -0.05) is 6.58 Å². The zero-order valence-electron chi connectivity index (χ0n) is 8.88. The summed E-state index contributed by atoms with van der Waals surface area (Å²) < 4.78 is 5.32. The Labute approximate surface area is 81.6 Å². The average molecular weight is 183 g/mol. The third kappa shape index (κ3) is 3.39. The van der Waals surface area contributed by atoms with Crippen LogP contribution in [0.15, 0.2) is 12.3 Å². The highest BCUT2D eigenvalue weighted by atomic mass is 16.5. The summed E-state index contributed by atoms with van der Waals surface area (Å²) in [5.41, 5.74) is 1.27. The maximum absolute atomic E-state index is 5.32. The minimum Gasteiger partial charge on any atom is -0.381 e. The van der Waals surface area contributed by atoms with Crippen molar-refractivity contribution in [3.63, 3.8) is 0 Å². The van der Waals surface area contributed by atoms with Crippen molar-refractivity contribution in [2.24, 2.45) is 5.92 Å². The van der Waals surface area contributed by atoms with Crippen LogP contribution in [0.5, 0.6) is 0 Å². The molecule has 0 atom stereocenters. The van der Waals surface area contributed by atoms with E-state index < -0.39 is 0 Å². The molecule has 1 fully saturated rings. The summed E-state index contributed by atoms with van der Waals surface area (Å²) in [5.74, 6) is 0.801. The Balaban J connectivity index is 2.26. The molecule has 0 aliphatic carbocycles. The van der Waals surface area contributed by atoms with Gasteiger partial charge in [0.1, 0.15) is 0 Å². The second-order valence-corrected chi connectivity index (χ2v) is 3.84. The standard InChI is InChI=1S/C11H21NO/c1-4-12(3)10(2)9-11-5-7-13-8-6-11/h11H,2,4-9H2,1,3H3. The number of allylic oxidation sites excluding steroid dienone is 1. The van der Waals surface area contributed by atoms with Crippen LogP contribution < -0.4 is 0 Å². The normalized spacial score (nSPS) is 18.6. The highest BCUT2D eigenvalue weighted by Gasteiger charge is 2.15. The van der Waals surface area contributed by atoms with E-state index in [0.717, 1.165) is 32.1 Å². The predicted molar refractivity (Wildman–Crippen MR) is 55.6 cm³/mol. The van der Waals surface area contributed by atoms with Crippen LogP contribution in [0, 0.1) is 5.92 Å². The molecule has 0 unspecified atom stereocenters. The fraction of sp³-hybridized carbons (Fsp3) is 0.818. The summed E-state index contributed by atoms with van der Waals surface area (Å²) in [5, 5.41) is 0. The first-order chi connectivity index (χ1) is 6.24. The lowest BCUT2D eigenvalue weighted by molar-refractivity contribution is 0.0648. The Hall–Kier alpha value is -0.500. The Morgan fingerprint density at radius 3 is 2.62 bits per heavy atom. The minimum absolute atomic E-state index is 0.801. The van der Waals surface area contributed by atoms with Gasteiger partial charge in [0.15, 0.2) is 0 Å². The van der Waals surface area contributed by atoms with E-state index in [9.17, 15) is 0 Å². The Kier molecular flexibility index (Phi) is 4.29. The zero-order valence-corrected chi connectivity index (χ0v) is 8.88. The van der Waals surface area contributed by atoms with Crippen molar-refractivity contribution in [3.8, 4) is 0 Å². The molecule has 0 aromatic heterocycles. The molecule has 0 N–H and O–H groups in total. The molecule has 0 spiro atoms. The summed E-state index contributed by atoms with van der Waals surface area (Å²) in [4.78, 5) is 2.23. The van der Waals surface area contributed by atoms with Gasteiger partial charge in [0.05, 0.1) is 0 Å². The maximum Gasteiger partial charge on any atom is 0.0468 e. The maximum atomic E-state index is 5.32. The van der Waals surface area contributed by atoms with Crippen molar-refractivity contribution >= 4 is 0 Å². The number of hydrogen-bond donors (Lipinski definition) is 0. The SMILES string of the molecule is C=C(CC1CCOCC1)N(C)CC. The third-order valence-corrected chi connectivity index (χ3v) is 2.88. The van der Waals surface area contributed by atoms with Gasteiger partial charge in [0.25, 0.3) is 0 Å². The van der Waals surface area contributed by atoms with Crippen LogP contribution in [-0.2, 0) is 4.74 Å². The van der Waals surface area contributed by atoms with Crippen LogP contribution in [0.2, 0.25) is 0 Å². The van der Waals surface area contributed by atoms with E-state index in [1.165, 1.54) is 18.5 Å². The molecule has 1 rings (SSSR count). The Morgan fingerprint density at radius 1 is 1.46 bits per heavy atom.